The van der Waals surface area contributed by atoms with E-state index in [1.165, 1.54) is 13.8 Å². The van der Waals surface area contributed by atoms with E-state index in [2.05, 4.69) is 39.2 Å². The number of aliphatic hydroxyl groups excluding tert-OH is 2. The Morgan fingerprint density at radius 1 is 1.05 bits per heavy atom. The van der Waals surface area contributed by atoms with Crippen LogP contribution in [0.2, 0.25) is 0 Å². The monoisotopic (exact) mass is 867 g/mol. The zero-order chi connectivity index (χ0) is 41.4. The second-order valence-corrected chi connectivity index (χ2v) is 17.4. The predicted molar refractivity (Wildman–Crippen MR) is 184 cm³/mol. The number of phosphoric ester groups is 3. The number of esters is 1. The van der Waals surface area contributed by atoms with Crippen LogP contribution in [0, 0.1) is 5.41 Å². The van der Waals surface area contributed by atoms with E-state index in [1.807, 2.05) is 0 Å². The summed E-state index contributed by atoms with van der Waals surface area (Å²) in [5.41, 5.74) is 4.21. The highest BCUT2D eigenvalue weighted by Crippen LogP contribution is 2.61. The van der Waals surface area contributed by atoms with Crippen molar-refractivity contribution in [3.63, 3.8) is 0 Å². The lowest BCUT2D eigenvalue weighted by atomic mass is 9.87. The van der Waals surface area contributed by atoms with Gasteiger partial charge in [-0.3, -0.25) is 37.3 Å². The van der Waals surface area contributed by atoms with Crippen LogP contribution in [0.25, 0.3) is 11.2 Å². The van der Waals surface area contributed by atoms with Gasteiger partial charge in [0.25, 0.3) is 0 Å². The fourth-order valence-electron chi connectivity index (χ4n) is 4.54. The van der Waals surface area contributed by atoms with Gasteiger partial charge in [-0.1, -0.05) is 25.6 Å². The maximum Gasteiger partial charge on any atom is 0.481 e. The molecule has 55 heavy (non-hydrogen) atoms. The number of fused-ring (bicyclic) bond motifs is 1. The van der Waals surface area contributed by atoms with Crippen LogP contribution in [-0.4, -0.2) is 136 Å². The molecule has 310 valence electrons. The molecule has 2 amide bonds. The second-order valence-electron chi connectivity index (χ2n) is 12.0. The summed E-state index contributed by atoms with van der Waals surface area (Å²) in [5, 5.41) is 25.7. The fraction of sp³-hybridized carbons (Fsp3) is 0.640. The molecular formula is C25H40N7O19P3S. The predicted octanol–water partition coefficient (Wildman–Crippen LogP) is -1.77. The number of aliphatic hydroxyl groups is 2. The molecule has 0 aromatic carbocycles. The Labute approximate surface area is 315 Å². The number of hydrogen-bond acceptors (Lipinski definition) is 20. The minimum atomic E-state index is -5.58. The van der Waals surface area contributed by atoms with Crippen molar-refractivity contribution in [3.8, 4) is 0 Å². The summed E-state index contributed by atoms with van der Waals surface area (Å²) in [4.78, 5) is 98.0. The molecule has 2 aromatic heterocycles. The van der Waals surface area contributed by atoms with Crippen LogP contribution in [0.1, 0.15) is 32.9 Å². The van der Waals surface area contributed by atoms with Gasteiger partial charge in [-0.15, -0.1) is 0 Å². The van der Waals surface area contributed by atoms with Crippen molar-refractivity contribution in [2.45, 2.75) is 57.3 Å². The zero-order valence-corrected chi connectivity index (χ0v) is 32.6. The smallest absolute Gasteiger partial charge is 0.469 e. The third-order valence-electron chi connectivity index (χ3n) is 7.28. The number of amides is 2. The standard InChI is InChI=1S/C25H40N7O19P3S/c1-25(2,20(37)23(38)28-5-4-14(33)27-6-7-55-16(35)8-15(34)46-3)10-48-54(44,45)51-53(42,43)47-9-13-19(50-52(39,40)41)18(36)24(49-13)32-12-31-17-21(26)29-11-30-22(17)32/h11-13,18-20,24,36-37H,4-10H2,1-3H3,(H,27,33)(H,28,38)(H,42,43)(H,44,45)(H2,26,29,30)(H2,39,40,41)/t13-,18-,19-,20+,24-/m1/s1. The van der Waals surface area contributed by atoms with E-state index >= 15 is 0 Å². The summed E-state index contributed by atoms with van der Waals surface area (Å²) in [5.74, 6) is -2.10. The number of carbonyl (C=O) groups excluding carboxylic acids is 4. The Hall–Kier alpha value is -2.97. The molecule has 1 fully saturated rings. The number of nitrogen functional groups attached to an aromatic ring is 1. The molecule has 3 rings (SSSR count). The van der Waals surface area contributed by atoms with E-state index in [0.29, 0.717) is 0 Å². The number of ether oxygens (including phenoxy) is 2. The lowest BCUT2D eigenvalue weighted by Crippen LogP contribution is -2.46. The molecule has 1 saturated heterocycles. The Morgan fingerprint density at radius 2 is 1.73 bits per heavy atom. The summed E-state index contributed by atoms with van der Waals surface area (Å²) in [6.07, 6.45) is -7.49. The SMILES string of the molecule is COC(=O)CC(=O)SCCNC(=O)CCNC(=O)[C@H](O)C(C)(C)COP(=O)(O)OP(=O)(O)OC[C@H]1O[C@@H](n2cnc3c(N)ncnc32)[C@H](O)[C@@H]1OP(=O)(O)O. The Balaban J connectivity index is 1.49. The molecule has 0 radical (unpaired) electrons. The minimum absolute atomic E-state index is 0.0215. The number of nitrogens with two attached hydrogens (primary N) is 1. The van der Waals surface area contributed by atoms with Gasteiger partial charge in [0.1, 0.15) is 42.7 Å². The number of thioether (sulfide) groups is 1. The van der Waals surface area contributed by atoms with Gasteiger partial charge in [0, 0.05) is 30.7 Å². The van der Waals surface area contributed by atoms with Gasteiger partial charge in [0.2, 0.25) is 11.8 Å². The molecule has 10 N–H and O–H groups in total. The third kappa shape index (κ3) is 14.2. The highest BCUT2D eigenvalue weighted by Gasteiger charge is 2.50. The first-order chi connectivity index (χ1) is 25.4. The van der Waals surface area contributed by atoms with Gasteiger partial charge in [-0.2, -0.15) is 4.31 Å². The van der Waals surface area contributed by atoms with Crippen molar-refractivity contribution >= 4 is 75.1 Å². The molecular weight excluding hydrogens is 827 g/mol. The molecule has 0 spiro atoms. The van der Waals surface area contributed by atoms with Gasteiger partial charge in [0.15, 0.2) is 22.8 Å². The van der Waals surface area contributed by atoms with Crippen molar-refractivity contribution in [1.82, 2.24) is 30.2 Å². The van der Waals surface area contributed by atoms with Crippen molar-refractivity contribution < 1.29 is 90.0 Å². The Morgan fingerprint density at radius 3 is 2.38 bits per heavy atom. The van der Waals surface area contributed by atoms with Crippen LogP contribution in [-0.2, 0) is 60.2 Å². The molecule has 1 aliphatic heterocycles. The lowest BCUT2D eigenvalue weighted by molar-refractivity contribution is -0.142. The van der Waals surface area contributed by atoms with E-state index < -0.39 is 102 Å². The summed E-state index contributed by atoms with van der Waals surface area (Å²) < 4.78 is 66.3. The van der Waals surface area contributed by atoms with Gasteiger partial charge in [0.05, 0.1) is 26.7 Å². The normalized spacial score (nSPS) is 21.7. The van der Waals surface area contributed by atoms with Gasteiger partial charge < -0.3 is 55.6 Å². The topological polar surface area (TPSA) is 390 Å². The third-order valence-corrected chi connectivity index (χ3v) is 11.3. The molecule has 7 atom stereocenters. The summed E-state index contributed by atoms with van der Waals surface area (Å²) in [7, 11) is -15.3. The zero-order valence-electron chi connectivity index (χ0n) is 29.1. The average Bonchev–Trinajstić information content (AvgIpc) is 3.64. The number of nitrogens with one attached hydrogen (secondary N) is 2. The molecule has 2 unspecified atom stereocenters. The molecule has 0 saturated carbocycles. The average molecular weight is 868 g/mol. The van der Waals surface area contributed by atoms with Crippen LogP contribution < -0.4 is 16.4 Å². The van der Waals surface area contributed by atoms with E-state index in [-0.39, 0.29) is 42.2 Å². The maximum absolute atomic E-state index is 12.6. The number of phosphoric acid groups is 3. The molecule has 0 aliphatic carbocycles. The largest absolute Gasteiger partial charge is 0.481 e. The first-order valence-corrected chi connectivity index (χ1v) is 21.1. The number of rotatable bonds is 21. The van der Waals surface area contributed by atoms with E-state index in [4.69, 9.17) is 19.5 Å². The summed E-state index contributed by atoms with van der Waals surface area (Å²) in [6.45, 7) is 0.224. The van der Waals surface area contributed by atoms with Crippen LogP contribution in [0.3, 0.4) is 0 Å². The summed E-state index contributed by atoms with van der Waals surface area (Å²) >= 11 is 0.813. The van der Waals surface area contributed by atoms with Crippen molar-refractivity contribution in [2.75, 3.05) is 44.9 Å². The Kier molecular flexibility index (Phi) is 16.4. The van der Waals surface area contributed by atoms with Gasteiger partial charge in [-0.25, -0.2) is 28.6 Å². The van der Waals surface area contributed by atoms with E-state index in [0.717, 1.165) is 36.1 Å². The van der Waals surface area contributed by atoms with Crippen LogP contribution in [0.15, 0.2) is 12.7 Å². The number of hydrogen-bond donors (Lipinski definition) is 9. The number of aromatic nitrogens is 4. The van der Waals surface area contributed by atoms with Crippen molar-refractivity contribution in [3.05, 3.63) is 12.7 Å². The highest BCUT2D eigenvalue weighted by molar-refractivity contribution is 8.13. The summed E-state index contributed by atoms with van der Waals surface area (Å²) in [6, 6.07) is 0. The van der Waals surface area contributed by atoms with Crippen LogP contribution >= 0.6 is 35.2 Å². The van der Waals surface area contributed by atoms with Gasteiger partial charge in [-0.05, 0) is 0 Å². The number of anilines is 1. The first-order valence-electron chi connectivity index (χ1n) is 15.6. The highest BCUT2D eigenvalue weighted by atomic mass is 32.2. The number of imidazole rings is 1. The molecule has 0 bridgehead atoms. The quantitative estimate of drug-likeness (QED) is 0.0290. The fourth-order valence-corrected chi connectivity index (χ4v) is 8.02. The molecule has 26 nitrogen and oxygen atoms in total. The lowest BCUT2D eigenvalue weighted by Gasteiger charge is -2.30. The number of nitrogens with zero attached hydrogens (tertiary/aromatic N) is 4. The number of methoxy groups -OCH3 is 1. The molecule has 1 aliphatic rings. The van der Waals surface area contributed by atoms with Crippen LogP contribution in [0.5, 0.6) is 0 Å². The molecule has 3 heterocycles. The number of carbonyl (C=O) groups is 4. The van der Waals surface area contributed by atoms with Crippen molar-refractivity contribution in [2.24, 2.45) is 5.41 Å². The maximum atomic E-state index is 12.6. The van der Waals surface area contributed by atoms with Gasteiger partial charge >= 0.3 is 29.4 Å². The van der Waals surface area contributed by atoms with Crippen molar-refractivity contribution in [1.29, 1.82) is 0 Å². The minimum Gasteiger partial charge on any atom is -0.469 e. The van der Waals surface area contributed by atoms with E-state index in [1.54, 1.807) is 0 Å². The first kappa shape index (κ1) is 46.4. The molecule has 30 heteroatoms. The molecule has 2 aromatic rings. The van der Waals surface area contributed by atoms with Crippen LogP contribution in [0.4, 0.5) is 5.82 Å². The van der Waals surface area contributed by atoms with E-state index in [9.17, 15) is 62.7 Å². The Bertz CT molecular complexity index is 1850. The second kappa shape index (κ2) is 19.5.